The van der Waals surface area contributed by atoms with Crippen LogP contribution < -0.4 is 10.3 Å². The van der Waals surface area contributed by atoms with Crippen molar-refractivity contribution < 1.29 is 37.7 Å². The van der Waals surface area contributed by atoms with Gasteiger partial charge in [0.05, 0.1) is 31.5 Å². The van der Waals surface area contributed by atoms with Gasteiger partial charge in [-0.15, -0.1) is 0 Å². The summed E-state index contributed by atoms with van der Waals surface area (Å²) in [6.45, 7) is 0.665. The molecule has 0 unspecified atom stereocenters. The first-order valence-electron chi connectivity index (χ1n) is 11.3. The van der Waals surface area contributed by atoms with Gasteiger partial charge in [-0.3, -0.25) is 9.59 Å². The molecule has 0 spiro atoms. The van der Waals surface area contributed by atoms with Gasteiger partial charge in [-0.25, -0.2) is 18.4 Å². The number of piperazine rings is 1. The van der Waals surface area contributed by atoms with E-state index >= 15 is 8.78 Å². The monoisotopic (exact) mass is 505 g/mol. The highest BCUT2D eigenvalue weighted by atomic mass is 19.1. The zero-order valence-electron chi connectivity index (χ0n) is 19.8. The van der Waals surface area contributed by atoms with Crippen molar-refractivity contribution in [3.8, 4) is 0 Å². The number of nitrogens with zero attached hydrogens (tertiary/aromatic N) is 3. The highest BCUT2D eigenvalue weighted by Crippen LogP contribution is 2.39. The van der Waals surface area contributed by atoms with E-state index in [-0.39, 0.29) is 60.9 Å². The summed E-state index contributed by atoms with van der Waals surface area (Å²) in [5.74, 6) is -4.57. The molecule has 0 atom stereocenters. The lowest BCUT2D eigenvalue weighted by molar-refractivity contribution is -0.139. The Hall–Kier alpha value is -3.96. The molecule has 0 radical (unpaired) electrons. The molecule has 4 rings (SSSR count). The number of aromatic carboxylic acids is 1. The minimum atomic E-state index is -1.46. The lowest BCUT2D eigenvalue weighted by Crippen LogP contribution is -2.47. The van der Waals surface area contributed by atoms with Gasteiger partial charge >= 0.3 is 17.9 Å². The number of benzene rings is 1. The molecule has 1 aliphatic heterocycles. The maximum Gasteiger partial charge on any atom is 0.354 e. The van der Waals surface area contributed by atoms with Crippen molar-refractivity contribution in [1.29, 1.82) is 0 Å². The number of ether oxygens (including phenoxy) is 2. The Morgan fingerprint density at radius 3 is 2.33 bits per heavy atom. The van der Waals surface area contributed by atoms with Crippen LogP contribution in [0.5, 0.6) is 0 Å². The number of anilines is 1. The van der Waals surface area contributed by atoms with E-state index in [4.69, 9.17) is 4.74 Å². The van der Waals surface area contributed by atoms with Crippen LogP contribution in [-0.4, -0.2) is 72.9 Å². The van der Waals surface area contributed by atoms with E-state index in [9.17, 15) is 24.3 Å². The van der Waals surface area contributed by atoms with Crippen molar-refractivity contribution in [2.24, 2.45) is 0 Å². The fraction of sp³-hybridized carbons (Fsp3) is 0.417. The van der Waals surface area contributed by atoms with E-state index in [1.165, 1.54) is 29.8 Å². The minimum absolute atomic E-state index is 0.125. The third-order valence-corrected chi connectivity index (χ3v) is 6.38. The Morgan fingerprint density at radius 2 is 1.78 bits per heavy atom. The Labute approximate surface area is 204 Å². The second-order valence-corrected chi connectivity index (χ2v) is 8.57. The number of rotatable bonds is 7. The van der Waals surface area contributed by atoms with Gasteiger partial charge in [-0.2, -0.15) is 0 Å². The van der Waals surface area contributed by atoms with E-state index < -0.39 is 40.5 Å². The van der Waals surface area contributed by atoms with Gasteiger partial charge in [-0.1, -0.05) is 0 Å². The summed E-state index contributed by atoms with van der Waals surface area (Å²) in [5, 5.41) is 9.06. The van der Waals surface area contributed by atoms with E-state index in [2.05, 4.69) is 4.74 Å². The van der Waals surface area contributed by atoms with E-state index in [1.54, 1.807) is 4.90 Å². The van der Waals surface area contributed by atoms with Gasteiger partial charge in [0, 0.05) is 38.4 Å². The third-order valence-electron chi connectivity index (χ3n) is 6.38. The van der Waals surface area contributed by atoms with Crippen LogP contribution >= 0.6 is 0 Å². The molecule has 0 bridgehead atoms. The second-order valence-electron chi connectivity index (χ2n) is 8.57. The zero-order chi connectivity index (χ0) is 26.1. The summed E-state index contributed by atoms with van der Waals surface area (Å²) in [5.41, 5.74) is -1.78. The lowest BCUT2D eigenvalue weighted by Gasteiger charge is -2.38. The number of esters is 2. The fourth-order valence-corrected chi connectivity index (χ4v) is 4.39. The molecule has 1 N–H and O–H groups in total. The minimum Gasteiger partial charge on any atom is -0.477 e. The summed E-state index contributed by atoms with van der Waals surface area (Å²) >= 11 is 0. The second kappa shape index (κ2) is 9.96. The number of pyridine rings is 1. The molecule has 1 saturated heterocycles. The van der Waals surface area contributed by atoms with Crippen LogP contribution in [0, 0.1) is 11.6 Å². The van der Waals surface area contributed by atoms with E-state index in [1.807, 2.05) is 0 Å². The molecule has 2 heterocycles. The third kappa shape index (κ3) is 4.62. The maximum atomic E-state index is 15.8. The number of carboxylic acid groups (broad SMARTS) is 1. The average molecular weight is 505 g/mol. The summed E-state index contributed by atoms with van der Waals surface area (Å²) in [6.07, 6.45) is 3.75. The Morgan fingerprint density at radius 1 is 1.11 bits per heavy atom. The van der Waals surface area contributed by atoms with Gasteiger partial charge in [0.15, 0.2) is 5.82 Å². The number of methoxy groups -OCH3 is 2. The molecule has 192 valence electrons. The number of aromatic nitrogens is 1. The first-order chi connectivity index (χ1) is 17.2. The van der Waals surface area contributed by atoms with Crippen molar-refractivity contribution >= 4 is 34.5 Å². The first-order valence-corrected chi connectivity index (χ1v) is 11.3. The molecular weight excluding hydrogens is 480 g/mol. The molecule has 1 aliphatic carbocycles. The smallest absolute Gasteiger partial charge is 0.354 e. The van der Waals surface area contributed by atoms with Crippen LogP contribution in [0.15, 0.2) is 28.8 Å². The number of carboxylic acids is 1. The largest absolute Gasteiger partial charge is 0.477 e. The van der Waals surface area contributed by atoms with Crippen molar-refractivity contribution in [2.45, 2.75) is 25.3 Å². The predicted molar refractivity (Wildman–Crippen MR) is 124 cm³/mol. The van der Waals surface area contributed by atoms with Gasteiger partial charge in [0.2, 0.25) is 5.43 Å². The molecule has 1 aromatic carbocycles. The molecule has 12 heteroatoms. The Kier molecular flexibility index (Phi) is 6.95. The summed E-state index contributed by atoms with van der Waals surface area (Å²) < 4.78 is 41.8. The molecule has 1 saturated carbocycles. The van der Waals surface area contributed by atoms with E-state index in [0.29, 0.717) is 12.8 Å². The Balaban J connectivity index is 1.67. The molecule has 10 nitrogen and oxygen atoms in total. The highest BCUT2D eigenvalue weighted by Gasteiger charge is 2.32. The molecule has 1 aromatic heterocycles. The first kappa shape index (κ1) is 25.1. The van der Waals surface area contributed by atoms with Gasteiger partial charge in [0.25, 0.3) is 0 Å². The summed E-state index contributed by atoms with van der Waals surface area (Å²) in [6, 6.07) is 0.725. The van der Waals surface area contributed by atoms with Crippen molar-refractivity contribution in [2.75, 3.05) is 45.3 Å². The van der Waals surface area contributed by atoms with Crippen molar-refractivity contribution in [3.63, 3.8) is 0 Å². The number of carbonyl (C=O) groups excluding carboxylic acids is 2. The molecule has 2 fully saturated rings. The van der Waals surface area contributed by atoms with Crippen LogP contribution in [0.3, 0.4) is 0 Å². The van der Waals surface area contributed by atoms with Gasteiger partial charge in [-0.05, 0) is 25.0 Å². The molecule has 2 aromatic rings. The van der Waals surface area contributed by atoms with Crippen molar-refractivity contribution in [1.82, 2.24) is 9.47 Å². The molecule has 2 aliphatic rings. The molecular formula is C24H25F2N3O7. The fourth-order valence-electron chi connectivity index (χ4n) is 4.39. The molecule has 36 heavy (non-hydrogen) atoms. The van der Waals surface area contributed by atoms with Gasteiger partial charge < -0.3 is 28.9 Å². The van der Waals surface area contributed by atoms with Gasteiger partial charge in [0.1, 0.15) is 22.8 Å². The lowest BCUT2D eigenvalue weighted by atomic mass is 10.1. The maximum absolute atomic E-state index is 15.8. The summed E-state index contributed by atoms with van der Waals surface area (Å²) in [4.78, 5) is 51.1. The van der Waals surface area contributed by atoms with E-state index in [0.717, 1.165) is 12.3 Å². The standard InChI is InChI=1S/C24H25F2N3O7/c1-35-18(30)6-5-17(24(34)36-2)27-7-9-28(10-8-27)21-16(25)11-14-20(19(21)26)29(13-3-4-13)12-15(22(14)31)23(32)33/h5,11-13H,3-4,6-10H2,1-2H3,(H,32,33). The number of hydrogen-bond acceptors (Lipinski definition) is 8. The van der Waals surface area contributed by atoms with Crippen molar-refractivity contribution in [3.05, 3.63) is 51.5 Å². The molecule has 0 amide bonds. The summed E-state index contributed by atoms with van der Waals surface area (Å²) in [7, 11) is 2.43. The van der Waals surface area contributed by atoms with Crippen LogP contribution in [0.25, 0.3) is 10.9 Å². The average Bonchev–Trinajstić information content (AvgIpc) is 3.70. The number of fused-ring (bicyclic) bond motifs is 1. The topological polar surface area (TPSA) is 118 Å². The quantitative estimate of drug-likeness (QED) is 0.446. The normalized spacial score (nSPS) is 16.3. The van der Waals surface area contributed by atoms with Crippen LogP contribution in [0.1, 0.15) is 35.7 Å². The van der Waals surface area contributed by atoms with Crippen LogP contribution in [0.2, 0.25) is 0 Å². The predicted octanol–water partition coefficient (Wildman–Crippen LogP) is 2.05. The Bertz CT molecular complexity index is 1330. The van der Waals surface area contributed by atoms with Crippen LogP contribution in [0.4, 0.5) is 14.5 Å². The zero-order valence-corrected chi connectivity index (χ0v) is 19.8. The highest BCUT2D eigenvalue weighted by molar-refractivity contribution is 5.94. The number of halogens is 2. The van der Waals surface area contributed by atoms with Crippen LogP contribution in [-0.2, 0) is 19.1 Å². The SMILES string of the molecule is COC(=O)CC=C(C(=O)OC)N1CCN(c2c(F)cc3c(=O)c(C(=O)O)cn(C4CC4)c3c2F)CC1. The number of carbonyl (C=O) groups is 3. The number of hydrogen-bond donors (Lipinski definition) is 1.